The van der Waals surface area contributed by atoms with Gasteiger partial charge >= 0.3 is 0 Å². The van der Waals surface area contributed by atoms with Crippen LogP contribution in [0.3, 0.4) is 0 Å². The Kier molecular flexibility index (Phi) is 9.19. The van der Waals surface area contributed by atoms with Crippen LogP contribution < -0.4 is 16.4 Å². The summed E-state index contributed by atoms with van der Waals surface area (Å²) in [5.41, 5.74) is 10.2. The summed E-state index contributed by atoms with van der Waals surface area (Å²) in [5.74, 6) is 0.523. The van der Waals surface area contributed by atoms with E-state index < -0.39 is 0 Å². The van der Waals surface area contributed by atoms with E-state index in [1.54, 1.807) is 24.4 Å². The number of aromatic nitrogens is 4. The summed E-state index contributed by atoms with van der Waals surface area (Å²) in [6.45, 7) is 0. The van der Waals surface area contributed by atoms with E-state index in [0.717, 1.165) is 66.2 Å². The van der Waals surface area contributed by atoms with E-state index in [1.807, 2.05) is 24.3 Å². The Morgan fingerprint density at radius 2 is 1.90 bits per heavy atom. The highest BCUT2D eigenvalue weighted by Gasteiger charge is 2.17. The first kappa shape index (κ1) is 28.5. The molecule has 1 saturated carbocycles. The van der Waals surface area contributed by atoms with Crippen LogP contribution in [0.2, 0.25) is 0 Å². The van der Waals surface area contributed by atoms with E-state index in [1.165, 1.54) is 25.1 Å². The number of benzene rings is 1. The number of fused-ring (bicyclic) bond motifs is 1. The molecule has 214 valence electrons. The summed E-state index contributed by atoms with van der Waals surface area (Å²) in [6.07, 6.45) is 16.4. The number of hydrogen-bond donors (Lipinski definition) is 4. The molecule has 0 atom stereocenters. The van der Waals surface area contributed by atoms with Crippen molar-refractivity contribution in [2.45, 2.75) is 63.8 Å². The van der Waals surface area contributed by atoms with Gasteiger partial charge in [-0.25, -0.2) is 9.97 Å². The summed E-state index contributed by atoms with van der Waals surface area (Å²) in [5, 5.41) is 23.2. The number of rotatable bonds is 11. The Morgan fingerprint density at radius 3 is 2.69 bits per heavy atom. The Hall–Kier alpha value is -5.04. The molecule has 0 radical (unpaired) electrons. The van der Waals surface area contributed by atoms with Gasteiger partial charge < -0.3 is 16.4 Å². The summed E-state index contributed by atoms with van der Waals surface area (Å²) in [4.78, 5) is 33.2. The van der Waals surface area contributed by atoms with Crippen molar-refractivity contribution >= 4 is 40.4 Å². The molecule has 1 aliphatic carbocycles. The van der Waals surface area contributed by atoms with Crippen LogP contribution in [0.5, 0.6) is 0 Å². The molecule has 0 spiro atoms. The second-order valence-corrected chi connectivity index (χ2v) is 10.5. The fraction of sp³-hybridized carbons (Fsp3) is 0.312. The van der Waals surface area contributed by atoms with Crippen molar-refractivity contribution in [3.05, 3.63) is 71.6 Å². The van der Waals surface area contributed by atoms with Gasteiger partial charge in [-0.3, -0.25) is 14.7 Å². The number of nitrogen functional groups attached to an aromatic ring is 1. The smallest absolute Gasteiger partial charge is 0.256 e. The second-order valence-electron chi connectivity index (χ2n) is 10.5. The maximum absolute atomic E-state index is 12.7. The van der Waals surface area contributed by atoms with Gasteiger partial charge in [0.25, 0.3) is 5.91 Å². The van der Waals surface area contributed by atoms with Gasteiger partial charge in [-0.05, 0) is 56.4 Å². The predicted octanol–water partition coefficient (Wildman–Crippen LogP) is 5.75. The van der Waals surface area contributed by atoms with E-state index in [4.69, 9.17) is 11.0 Å². The molecule has 0 unspecified atom stereocenters. The average Bonchev–Trinajstić information content (AvgIpc) is 3.69. The topological polar surface area (TPSA) is 162 Å². The molecule has 1 aliphatic rings. The highest BCUT2D eigenvalue weighted by molar-refractivity contribution is 6.05. The molecule has 3 aromatic heterocycles. The number of H-pyrrole nitrogens is 1. The largest absolute Gasteiger partial charge is 0.383 e. The lowest BCUT2D eigenvalue weighted by Crippen LogP contribution is -2.32. The number of carbonyl (C=O) groups is 2. The van der Waals surface area contributed by atoms with E-state index in [2.05, 4.69) is 36.9 Å². The number of nitrogens with two attached hydrogens (primary N) is 1. The Bertz CT molecular complexity index is 1630. The van der Waals surface area contributed by atoms with E-state index in [0.29, 0.717) is 35.2 Å². The molecular weight excluding hydrogens is 528 g/mol. The third-order valence-electron chi connectivity index (χ3n) is 7.50. The van der Waals surface area contributed by atoms with Gasteiger partial charge in [-0.1, -0.05) is 43.5 Å². The molecular formula is C32H34N8O2. The van der Waals surface area contributed by atoms with Crippen molar-refractivity contribution in [2.24, 2.45) is 0 Å². The Morgan fingerprint density at radius 1 is 1.10 bits per heavy atom. The summed E-state index contributed by atoms with van der Waals surface area (Å²) < 4.78 is 0. The zero-order valence-electron chi connectivity index (χ0n) is 23.4. The fourth-order valence-corrected chi connectivity index (χ4v) is 5.25. The molecule has 0 aliphatic heterocycles. The van der Waals surface area contributed by atoms with Crippen LogP contribution in [0, 0.1) is 11.3 Å². The highest BCUT2D eigenvalue weighted by Crippen LogP contribution is 2.32. The maximum atomic E-state index is 12.7. The van der Waals surface area contributed by atoms with Gasteiger partial charge in [0.2, 0.25) is 5.91 Å². The molecule has 4 aromatic rings. The second kappa shape index (κ2) is 13.5. The van der Waals surface area contributed by atoms with Crippen molar-refractivity contribution in [1.82, 2.24) is 25.5 Å². The minimum atomic E-state index is -0.334. The normalized spacial score (nSPS) is 13.4. The lowest BCUT2D eigenvalue weighted by Gasteiger charge is -2.11. The summed E-state index contributed by atoms with van der Waals surface area (Å²) in [6, 6.07) is 12.5. The number of unbranched alkanes of at least 4 members (excludes halogenated alkanes) is 3. The predicted molar refractivity (Wildman–Crippen MR) is 163 cm³/mol. The van der Waals surface area contributed by atoms with E-state index in [-0.39, 0.29) is 11.8 Å². The number of anilines is 2. The van der Waals surface area contributed by atoms with Crippen molar-refractivity contribution in [3.8, 4) is 17.3 Å². The minimum Gasteiger partial charge on any atom is -0.383 e. The fourth-order valence-electron chi connectivity index (χ4n) is 5.25. The molecule has 10 nitrogen and oxygen atoms in total. The standard InChI is InChI=1S/C32H34N8O2/c33-19-21-16-17-35-26(18-21)38-32(42)23-14-12-22(13-15-23)29-28-30(40-39-29)24(20-36-31(28)34)8-4-2-1-3-5-11-27(41)37-25-9-6-7-10-25/h4,8,12-18,20,25H,1-3,5-7,9-11H2,(H2,34,36)(H,37,41)(H,39,40)(H,35,38,42)/b8-4+. The first-order chi connectivity index (χ1) is 20.5. The average molecular weight is 563 g/mol. The monoisotopic (exact) mass is 562 g/mol. The molecule has 10 heteroatoms. The first-order valence-electron chi connectivity index (χ1n) is 14.4. The van der Waals surface area contributed by atoms with Crippen LogP contribution in [0.4, 0.5) is 11.6 Å². The molecule has 3 heterocycles. The number of amides is 2. The van der Waals surface area contributed by atoms with Crippen LogP contribution in [-0.2, 0) is 4.79 Å². The van der Waals surface area contributed by atoms with Crippen LogP contribution >= 0.6 is 0 Å². The number of nitriles is 1. The zero-order chi connectivity index (χ0) is 29.3. The van der Waals surface area contributed by atoms with Crippen molar-refractivity contribution < 1.29 is 9.59 Å². The Labute approximate surface area is 244 Å². The number of hydrogen-bond acceptors (Lipinski definition) is 7. The van der Waals surface area contributed by atoms with Crippen molar-refractivity contribution in [1.29, 1.82) is 5.26 Å². The van der Waals surface area contributed by atoms with Crippen molar-refractivity contribution in [3.63, 3.8) is 0 Å². The molecule has 1 aromatic carbocycles. The molecule has 5 N–H and O–H groups in total. The van der Waals surface area contributed by atoms with Crippen LogP contribution in [0.1, 0.15) is 79.3 Å². The highest BCUT2D eigenvalue weighted by atomic mass is 16.2. The molecule has 0 bridgehead atoms. The van der Waals surface area contributed by atoms with E-state index >= 15 is 0 Å². The van der Waals surface area contributed by atoms with Crippen LogP contribution in [-0.4, -0.2) is 38.0 Å². The van der Waals surface area contributed by atoms with Gasteiger partial charge in [-0.15, -0.1) is 0 Å². The van der Waals surface area contributed by atoms with Gasteiger partial charge in [0, 0.05) is 41.5 Å². The number of carbonyl (C=O) groups excluding carboxylic acids is 2. The van der Waals surface area contributed by atoms with Gasteiger partial charge in [0.15, 0.2) is 0 Å². The Balaban J connectivity index is 1.17. The number of pyridine rings is 2. The number of nitrogens with zero attached hydrogens (tertiary/aromatic N) is 4. The minimum absolute atomic E-state index is 0.180. The quantitative estimate of drug-likeness (QED) is 0.169. The lowest BCUT2D eigenvalue weighted by atomic mass is 10.0. The number of allylic oxidation sites excluding steroid dienone is 1. The molecule has 42 heavy (non-hydrogen) atoms. The SMILES string of the molecule is N#Cc1ccnc(NC(=O)c2ccc(-c3[nH]nc4c(/C=C/CCCCCC(=O)NC5CCCC5)cnc(N)c34)cc2)c1. The third-order valence-corrected chi connectivity index (χ3v) is 7.50. The summed E-state index contributed by atoms with van der Waals surface area (Å²) >= 11 is 0. The summed E-state index contributed by atoms with van der Waals surface area (Å²) in [7, 11) is 0. The van der Waals surface area contributed by atoms with E-state index in [9.17, 15) is 9.59 Å². The van der Waals surface area contributed by atoms with Crippen molar-refractivity contribution in [2.75, 3.05) is 11.1 Å². The maximum Gasteiger partial charge on any atom is 0.256 e. The van der Waals surface area contributed by atoms with Gasteiger partial charge in [0.05, 0.1) is 22.7 Å². The van der Waals surface area contributed by atoms with Crippen LogP contribution in [0.15, 0.2) is 54.9 Å². The third kappa shape index (κ3) is 6.99. The molecule has 2 amide bonds. The zero-order valence-corrected chi connectivity index (χ0v) is 23.4. The number of aromatic amines is 1. The molecule has 5 rings (SSSR count). The van der Waals surface area contributed by atoms with Crippen LogP contribution in [0.25, 0.3) is 28.2 Å². The number of nitrogens with one attached hydrogen (secondary N) is 3. The van der Waals surface area contributed by atoms with Gasteiger partial charge in [0.1, 0.15) is 17.2 Å². The lowest BCUT2D eigenvalue weighted by molar-refractivity contribution is -0.121. The first-order valence-corrected chi connectivity index (χ1v) is 14.4. The molecule has 1 fully saturated rings. The molecule has 0 saturated heterocycles. The van der Waals surface area contributed by atoms with Gasteiger partial charge in [-0.2, -0.15) is 10.4 Å².